The number of amides is 2. The number of nitrogens with one attached hydrogen (secondary N) is 1. The Morgan fingerprint density at radius 3 is 2.25 bits per heavy atom. The first-order valence-corrected chi connectivity index (χ1v) is 15.4. The maximum atomic E-state index is 14.1. The molecule has 0 aliphatic rings. The lowest BCUT2D eigenvalue weighted by Gasteiger charge is -2.33. The molecule has 0 saturated carbocycles. The van der Waals surface area contributed by atoms with Crippen molar-refractivity contribution in [1.29, 1.82) is 0 Å². The van der Waals surface area contributed by atoms with Gasteiger partial charge in [-0.15, -0.1) is 0 Å². The van der Waals surface area contributed by atoms with Gasteiger partial charge in [0.25, 0.3) is 10.0 Å². The molecule has 2 amide bonds. The molecular weight excluding hydrogens is 593 g/mol. The van der Waals surface area contributed by atoms with E-state index in [0.29, 0.717) is 39.2 Å². The van der Waals surface area contributed by atoms with Crippen molar-refractivity contribution < 1.29 is 18.0 Å². The minimum atomic E-state index is -4.19. The fourth-order valence-electron chi connectivity index (χ4n) is 4.20. The summed E-state index contributed by atoms with van der Waals surface area (Å²) in [5.41, 5.74) is 1.52. The smallest absolute Gasteiger partial charge is 0.264 e. The van der Waals surface area contributed by atoms with Crippen molar-refractivity contribution in [3.8, 4) is 0 Å². The summed E-state index contributed by atoms with van der Waals surface area (Å²) in [4.78, 5) is 28.7. The van der Waals surface area contributed by atoms with Gasteiger partial charge in [-0.05, 0) is 67.3 Å². The molecule has 7 nitrogen and oxygen atoms in total. The Labute approximate surface area is 251 Å². The summed E-state index contributed by atoms with van der Waals surface area (Å²) in [6.07, 6.45) is 1.03. The number of halogens is 3. The third kappa shape index (κ3) is 7.69. The van der Waals surface area contributed by atoms with E-state index in [9.17, 15) is 18.0 Å². The Hall–Kier alpha value is -2.78. The number of anilines is 1. The molecule has 3 aromatic rings. The second kappa shape index (κ2) is 14.2. The number of nitrogens with zero attached hydrogens (tertiary/aromatic N) is 2. The highest BCUT2D eigenvalue weighted by Crippen LogP contribution is 2.30. The van der Waals surface area contributed by atoms with Crippen LogP contribution in [0, 0.1) is 6.92 Å². The number of carbonyl (C=O) groups is 2. The molecule has 1 atom stereocenters. The number of hydrogen-bond acceptors (Lipinski definition) is 4. The van der Waals surface area contributed by atoms with Crippen LogP contribution in [0.4, 0.5) is 5.69 Å². The molecule has 0 saturated heterocycles. The van der Waals surface area contributed by atoms with Crippen LogP contribution in [-0.2, 0) is 26.2 Å². The molecular formula is C29H32Cl3N3O4S. The van der Waals surface area contributed by atoms with Gasteiger partial charge in [-0.1, -0.05) is 79.0 Å². The van der Waals surface area contributed by atoms with Gasteiger partial charge in [0.05, 0.1) is 20.6 Å². The van der Waals surface area contributed by atoms with Crippen molar-refractivity contribution in [2.24, 2.45) is 0 Å². The van der Waals surface area contributed by atoms with Crippen LogP contribution in [0.3, 0.4) is 0 Å². The molecule has 0 unspecified atom stereocenters. The highest BCUT2D eigenvalue weighted by atomic mass is 35.5. The van der Waals surface area contributed by atoms with Crippen LogP contribution < -0.4 is 9.62 Å². The average molecular weight is 625 g/mol. The first-order valence-electron chi connectivity index (χ1n) is 12.8. The van der Waals surface area contributed by atoms with Crippen molar-refractivity contribution in [3.63, 3.8) is 0 Å². The highest BCUT2D eigenvalue weighted by Gasteiger charge is 2.34. The summed E-state index contributed by atoms with van der Waals surface area (Å²) in [7, 11) is -4.19. The zero-order chi connectivity index (χ0) is 29.4. The van der Waals surface area contributed by atoms with E-state index in [2.05, 4.69) is 5.32 Å². The molecule has 0 heterocycles. The maximum Gasteiger partial charge on any atom is 0.264 e. The summed E-state index contributed by atoms with van der Waals surface area (Å²) < 4.78 is 28.9. The van der Waals surface area contributed by atoms with Crippen LogP contribution in [0.1, 0.15) is 37.8 Å². The fraction of sp³-hybridized carbons (Fsp3) is 0.310. The lowest BCUT2D eigenvalue weighted by Crippen LogP contribution is -2.52. The molecule has 0 aliphatic heterocycles. The minimum Gasteiger partial charge on any atom is -0.354 e. The second-order valence-electron chi connectivity index (χ2n) is 9.24. The molecule has 0 spiro atoms. The largest absolute Gasteiger partial charge is 0.354 e. The maximum absolute atomic E-state index is 14.1. The molecule has 3 aromatic carbocycles. The van der Waals surface area contributed by atoms with E-state index in [1.54, 1.807) is 62.4 Å². The Bertz CT molecular complexity index is 1450. The topological polar surface area (TPSA) is 86.8 Å². The first kappa shape index (κ1) is 31.7. The molecule has 11 heteroatoms. The molecule has 1 N–H and O–H groups in total. The van der Waals surface area contributed by atoms with Gasteiger partial charge in [-0.2, -0.15) is 0 Å². The van der Waals surface area contributed by atoms with Gasteiger partial charge in [0.15, 0.2) is 0 Å². The van der Waals surface area contributed by atoms with E-state index < -0.39 is 28.5 Å². The number of sulfonamides is 1. The molecule has 0 aliphatic carbocycles. The molecule has 0 radical (unpaired) electrons. The SMILES string of the molecule is CCCNC(=O)[C@@H](CC)N(Cc1ccc(Cl)c(Cl)c1)C(=O)CN(c1cc(Cl)ccc1C)S(=O)(=O)c1ccccc1. The Balaban J connectivity index is 2.09. The van der Waals surface area contributed by atoms with E-state index in [0.717, 1.165) is 10.7 Å². The second-order valence-corrected chi connectivity index (χ2v) is 12.4. The predicted molar refractivity (Wildman–Crippen MR) is 162 cm³/mol. The Morgan fingerprint density at radius 2 is 1.62 bits per heavy atom. The van der Waals surface area contributed by atoms with Gasteiger partial charge < -0.3 is 10.2 Å². The van der Waals surface area contributed by atoms with Gasteiger partial charge in [-0.25, -0.2) is 8.42 Å². The predicted octanol–water partition coefficient (Wildman–Crippen LogP) is 6.48. The van der Waals surface area contributed by atoms with Crippen LogP contribution in [0.25, 0.3) is 0 Å². The fourth-order valence-corrected chi connectivity index (χ4v) is 6.18. The van der Waals surface area contributed by atoms with Crippen molar-refractivity contribution in [2.45, 2.75) is 51.1 Å². The van der Waals surface area contributed by atoms with Gasteiger partial charge in [0.1, 0.15) is 12.6 Å². The average Bonchev–Trinajstić information content (AvgIpc) is 2.94. The molecule has 3 rings (SSSR count). The number of benzene rings is 3. The van der Waals surface area contributed by atoms with Gasteiger partial charge in [0.2, 0.25) is 11.8 Å². The molecule has 40 heavy (non-hydrogen) atoms. The molecule has 0 fully saturated rings. The highest BCUT2D eigenvalue weighted by molar-refractivity contribution is 7.92. The number of aryl methyl sites for hydroxylation is 1. The summed E-state index contributed by atoms with van der Waals surface area (Å²) in [5.74, 6) is -0.891. The van der Waals surface area contributed by atoms with Crippen LogP contribution in [0.15, 0.2) is 71.6 Å². The molecule has 214 valence electrons. The van der Waals surface area contributed by atoms with Crippen LogP contribution in [0.5, 0.6) is 0 Å². The van der Waals surface area contributed by atoms with Crippen molar-refractivity contribution in [2.75, 3.05) is 17.4 Å². The third-order valence-electron chi connectivity index (χ3n) is 6.32. The van der Waals surface area contributed by atoms with Gasteiger partial charge in [-0.3, -0.25) is 13.9 Å². The Kier molecular flexibility index (Phi) is 11.3. The van der Waals surface area contributed by atoms with Gasteiger partial charge >= 0.3 is 0 Å². The van der Waals surface area contributed by atoms with Crippen molar-refractivity contribution in [3.05, 3.63) is 92.9 Å². The van der Waals surface area contributed by atoms with E-state index in [1.165, 1.54) is 23.1 Å². The van der Waals surface area contributed by atoms with E-state index in [1.807, 2.05) is 6.92 Å². The summed E-state index contributed by atoms with van der Waals surface area (Å²) in [6, 6.07) is 16.8. The minimum absolute atomic E-state index is 0.0154. The quantitative estimate of drug-likeness (QED) is 0.250. The standard InChI is InChI=1S/C29H32Cl3N3O4S/c1-4-15-33-29(37)26(5-2)34(18-21-12-14-24(31)25(32)16-21)28(36)19-35(27-17-22(30)13-11-20(27)3)40(38,39)23-9-7-6-8-10-23/h6-14,16-17,26H,4-5,15,18-19H2,1-3H3,(H,33,37)/t26-/m1/s1. The van der Waals surface area contributed by atoms with Crippen LogP contribution >= 0.6 is 34.8 Å². The summed E-state index contributed by atoms with van der Waals surface area (Å²) in [5, 5.41) is 3.83. The number of hydrogen-bond donors (Lipinski definition) is 1. The molecule has 0 aromatic heterocycles. The zero-order valence-electron chi connectivity index (χ0n) is 22.5. The Morgan fingerprint density at radius 1 is 0.925 bits per heavy atom. The number of rotatable bonds is 12. The van der Waals surface area contributed by atoms with Crippen LogP contribution in [-0.4, -0.2) is 44.3 Å². The zero-order valence-corrected chi connectivity index (χ0v) is 25.6. The van der Waals surface area contributed by atoms with Crippen LogP contribution in [0.2, 0.25) is 15.1 Å². The monoisotopic (exact) mass is 623 g/mol. The number of carbonyl (C=O) groups excluding carboxylic acids is 2. The summed E-state index contributed by atoms with van der Waals surface area (Å²) in [6.45, 7) is 5.37. The lowest BCUT2D eigenvalue weighted by atomic mass is 10.1. The normalized spacial score (nSPS) is 12.1. The van der Waals surface area contributed by atoms with Crippen molar-refractivity contribution >= 4 is 62.3 Å². The van der Waals surface area contributed by atoms with E-state index in [4.69, 9.17) is 34.8 Å². The summed E-state index contributed by atoms with van der Waals surface area (Å²) >= 11 is 18.6. The third-order valence-corrected chi connectivity index (χ3v) is 9.07. The lowest BCUT2D eigenvalue weighted by molar-refractivity contribution is -0.140. The van der Waals surface area contributed by atoms with E-state index in [-0.39, 0.29) is 23.0 Å². The van der Waals surface area contributed by atoms with Gasteiger partial charge in [0, 0.05) is 18.1 Å². The molecule has 0 bridgehead atoms. The first-order chi connectivity index (χ1) is 19.0. The van der Waals surface area contributed by atoms with E-state index >= 15 is 0 Å². The van der Waals surface area contributed by atoms with Crippen molar-refractivity contribution in [1.82, 2.24) is 10.2 Å².